The fourth-order valence-electron chi connectivity index (χ4n) is 4.83. The molecule has 3 aromatic rings. The Hall–Kier alpha value is -3.82. The Labute approximate surface area is 227 Å². The maximum atomic E-state index is 13.4. The van der Waals surface area contributed by atoms with Crippen molar-refractivity contribution in [1.82, 2.24) is 9.55 Å². The summed E-state index contributed by atoms with van der Waals surface area (Å²) >= 11 is 0. The average Bonchev–Trinajstić information content (AvgIpc) is 3.26. The highest BCUT2D eigenvalue weighted by atomic mass is 16.6. The molecule has 1 atom stereocenters. The third kappa shape index (κ3) is 5.51. The lowest BCUT2D eigenvalue weighted by Crippen LogP contribution is -2.26. The number of nitrogens with zero attached hydrogens (tertiary/aromatic N) is 2. The normalized spacial score (nSPS) is 13.7. The summed E-state index contributed by atoms with van der Waals surface area (Å²) in [5.41, 5.74) is 3.81. The molecular weight excluding hydrogens is 500 g/mol. The van der Waals surface area contributed by atoms with E-state index in [-0.39, 0.29) is 29.9 Å². The number of carbonyl (C=O) groups is 2. The summed E-state index contributed by atoms with van der Waals surface area (Å²) in [6.07, 6.45) is 1.32. The number of esters is 1. The highest BCUT2D eigenvalue weighted by Gasteiger charge is 2.29. The van der Waals surface area contributed by atoms with Gasteiger partial charge in [-0.3, -0.25) is 4.79 Å². The van der Waals surface area contributed by atoms with Crippen LogP contribution < -0.4 is 10.3 Å². The molecule has 0 fully saturated rings. The molecule has 206 valence electrons. The van der Waals surface area contributed by atoms with Gasteiger partial charge in [0, 0.05) is 29.2 Å². The number of pyridine rings is 2. The molecule has 1 aliphatic rings. The van der Waals surface area contributed by atoms with Crippen molar-refractivity contribution < 1.29 is 28.9 Å². The summed E-state index contributed by atoms with van der Waals surface area (Å²) in [6.45, 7) is 9.60. The Kier molecular flexibility index (Phi) is 8.04. The molecule has 0 spiro atoms. The second-order valence-electron chi connectivity index (χ2n) is 10.4. The molecule has 0 saturated heterocycles. The first-order valence-corrected chi connectivity index (χ1v) is 12.9. The Balaban J connectivity index is 1.73. The summed E-state index contributed by atoms with van der Waals surface area (Å²) < 4.78 is 18.2. The Morgan fingerprint density at radius 2 is 1.97 bits per heavy atom. The monoisotopic (exact) mass is 534 g/mol. The van der Waals surface area contributed by atoms with Crippen molar-refractivity contribution in [3.05, 3.63) is 68.5 Å². The van der Waals surface area contributed by atoms with Crippen molar-refractivity contribution in [1.29, 1.82) is 0 Å². The molecule has 1 aliphatic heterocycles. The van der Waals surface area contributed by atoms with Crippen LogP contribution in [0.25, 0.3) is 22.3 Å². The van der Waals surface area contributed by atoms with Gasteiger partial charge in [-0.15, -0.1) is 0 Å². The number of aryl methyl sites for hydroxylation is 1. The number of fused-ring (bicyclic) bond motifs is 4. The lowest BCUT2D eigenvalue weighted by molar-refractivity contribution is -0.150. The largest absolute Gasteiger partial charge is 0.489 e. The zero-order valence-corrected chi connectivity index (χ0v) is 23.2. The number of ether oxygens (including phenoxy) is 3. The Morgan fingerprint density at radius 1 is 1.23 bits per heavy atom. The molecule has 39 heavy (non-hydrogen) atoms. The predicted molar refractivity (Wildman–Crippen MR) is 147 cm³/mol. The summed E-state index contributed by atoms with van der Waals surface area (Å²) in [4.78, 5) is 42.1. The molecule has 0 bridgehead atoms. The number of allylic oxidation sites excluding steroid dienone is 1. The Morgan fingerprint density at radius 3 is 2.59 bits per heavy atom. The van der Waals surface area contributed by atoms with Crippen molar-refractivity contribution >= 4 is 23.2 Å². The molecule has 0 amide bonds. The van der Waals surface area contributed by atoms with Gasteiger partial charge in [-0.25, -0.2) is 9.78 Å². The fourth-order valence-corrected chi connectivity index (χ4v) is 4.83. The number of aldehydes is 1. The highest BCUT2D eigenvalue weighted by Crippen LogP contribution is 2.38. The van der Waals surface area contributed by atoms with Crippen LogP contribution in [0, 0.1) is 0 Å². The number of methoxy groups -OCH3 is 1. The zero-order valence-electron chi connectivity index (χ0n) is 23.2. The second-order valence-corrected chi connectivity index (χ2v) is 10.4. The molecule has 9 nitrogen and oxygen atoms in total. The summed E-state index contributed by atoms with van der Waals surface area (Å²) in [6, 6.07) is 7.18. The smallest absolute Gasteiger partial charge is 0.337 e. The van der Waals surface area contributed by atoms with Gasteiger partial charge in [0.15, 0.2) is 6.29 Å². The van der Waals surface area contributed by atoms with E-state index in [1.165, 1.54) is 7.11 Å². The van der Waals surface area contributed by atoms with Crippen molar-refractivity contribution in [2.45, 2.75) is 65.9 Å². The van der Waals surface area contributed by atoms with E-state index in [0.717, 1.165) is 22.0 Å². The number of aliphatic hydroxyl groups is 1. The van der Waals surface area contributed by atoms with Gasteiger partial charge in [-0.05, 0) is 63.9 Å². The van der Waals surface area contributed by atoms with Gasteiger partial charge in [0.05, 0.1) is 35.6 Å². The van der Waals surface area contributed by atoms with Crippen molar-refractivity contribution in [2.24, 2.45) is 0 Å². The lowest BCUT2D eigenvalue weighted by Gasteiger charge is -2.20. The second kappa shape index (κ2) is 11.1. The molecule has 1 unspecified atom stereocenters. The van der Waals surface area contributed by atoms with Crippen LogP contribution in [0.3, 0.4) is 0 Å². The number of aliphatic hydroxyl groups excluding tert-OH is 1. The standard InChI is InChI=1S/C30H34N2O7/c1-7-17(29(36)39-30(3,4)5)15-38-18-9-10-24-20(11-18)19(8-2)22-13-32-25(27(22)31-24)12-21(26(34)14-33)23(16-37-6)28(32)35/h7,9-12,14,26,34H,8,13,15-16H2,1-6H3/b17-7+. The molecule has 2 aromatic heterocycles. The minimum Gasteiger partial charge on any atom is -0.489 e. The first-order valence-electron chi connectivity index (χ1n) is 12.9. The van der Waals surface area contributed by atoms with Gasteiger partial charge >= 0.3 is 5.97 Å². The first kappa shape index (κ1) is 28.2. The number of benzene rings is 1. The van der Waals surface area contributed by atoms with Crippen LogP contribution >= 0.6 is 0 Å². The van der Waals surface area contributed by atoms with Crippen molar-refractivity contribution in [3.8, 4) is 17.1 Å². The van der Waals surface area contributed by atoms with E-state index in [1.54, 1.807) is 29.7 Å². The van der Waals surface area contributed by atoms with Crippen LogP contribution in [0.1, 0.15) is 63.0 Å². The average molecular weight is 535 g/mol. The summed E-state index contributed by atoms with van der Waals surface area (Å²) in [7, 11) is 1.46. The van der Waals surface area contributed by atoms with Crippen LogP contribution in [0.5, 0.6) is 5.75 Å². The minimum atomic E-state index is -1.44. The van der Waals surface area contributed by atoms with Gasteiger partial charge in [0.25, 0.3) is 5.56 Å². The van der Waals surface area contributed by atoms with Gasteiger partial charge < -0.3 is 28.7 Å². The Bertz CT molecular complexity index is 1530. The molecule has 0 radical (unpaired) electrons. The van der Waals surface area contributed by atoms with Crippen LogP contribution in [0.15, 0.2) is 40.7 Å². The van der Waals surface area contributed by atoms with E-state index in [4.69, 9.17) is 19.2 Å². The van der Waals surface area contributed by atoms with E-state index in [2.05, 4.69) is 0 Å². The zero-order chi connectivity index (χ0) is 28.5. The molecule has 1 aromatic carbocycles. The quantitative estimate of drug-likeness (QED) is 0.194. The van der Waals surface area contributed by atoms with E-state index in [1.807, 2.05) is 39.8 Å². The van der Waals surface area contributed by atoms with Gasteiger partial charge in [-0.2, -0.15) is 0 Å². The van der Waals surface area contributed by atoms with E-state index in [0.29, 0.717) is 42.0 Å². The van der Waals surface area contributed by atoms with Crippen LogP contribution in [0.4, 0.5) is 0 Å². The number of hydrogen-bond donors (Lipinski definition) is 1. The maximum absolute atomic E-state index is 13.4. The third-order valence-electron chi connectivity index (χ3n) is 6.66. The van der Waals surface area contributed by atoms with Crippen molar-refractivity contribution in [3.63, 3.8) is 0 Å². The van der Waals surface area contributed by atoms with E-state index >= 15 is 0 Å². The van der Waals surface area contributed by atoms with Crippen LogP contribution in [0.2, 0.25) is 0 Å². The van der Waals surface area contributed by atoms with E-state index in [9.17, 15) is 19.5 Å². The molecule has 4 rings (SSSR count). The molecule has 3 heterocycles. The topological polar surface area (TPSA) is 117 Å². The van der Waals surface area contributed by atoms with Crippen LogP contribution in [-0.2, 0) is 38.6 Å². The highest BCUT2D eigenvalue weighted by molar-refractivity contribution is 5.90. The van der Waals surface area contributed by atoms with Crippen LogP contribution in [-0.4, -0.2) is 46.2 Å². The number of carbonyl (C=O) groups excluding carboxylic acids is 2. The molecule has 0 saturated carbocycles. The molecular formula is C30H34N2O7. The number of aromatic nitrogens is 2. The van der Waals surface area contributed by atoms with Gasteiger partial charge in [0.2, 0.25) is 0 Å². The molecule has 9 heteroatoms. The number of rotatable bonds is 9. The fraction of sp³-hybridized carbons (Fsp3) is 0.400. The number of hydrogen-bond acceptors (Lipinski definition) is 8. The predicted octanol–water partition coefficient (Wildman–Crippen LogP) is 4.03. The first-order chi connectivity index (χ1) is 18.5. The van der Waals surface area contributed by atoms with Gasteiger partial charge in [-0.1, -0.05) is 13.0 Å². The summed E-state index contributed by atoms with van der Waals surface area (Å²) in [5, 5.41) is 11.2. The molecule has 1 N–H and O–H groups in total. The van der Waals surface area contributed by atoms with E-state index < -0.39 is 17.7 Å². The van der Waals surface area contributed by atoms with Crippen molar-refractivity contribution in [2.75, 3.05) is 13.7 Å². The molecule has 0 aliphatic carbocycles. The van der Waals surface area contributed by atoms with Gasteiger partial charge in [0.1, 0.15) is 24.1 Å². The minimum absolute atomic E-state index is 0.0239. The lowest BCUT2D eigenvalue weighted by atomic mass is 9.98. The maximum Gasteiger partial charge on any atom is 0.337 e. The third-order valence-corrected chi connectivity index (χ3v) is 6.66. The summed E-state index contributed by atoms with van der Waals surface area (Å²) in [5.74, 6) is 0.156. The SMILES string of the molecule is C/C=C(\COc1ccc2nc3c(c(CC)c2c1)Cn1c-3cc(C(O)C=O)c(COC)c1=O)C(=O)OC(C)(C)C.